The van der Waals surface area contributed by atoms with Crippen LogP contribution in [0.15, 0.2) is 24.3 Å². The van der Waals surface area contributed by atoms with Gasteiger partial charge in [-0.05, 0) is 38.1 Å². The zero-order valence-corrected chi connectivity index (χ0v) is 12.5. The number of carbonyl (C=O) groups excluding carboxylic acids is 1. The summed E-state index contributed by atoms with van der Waals surface area (Å²) in [6.07, 6.45) is -0.0769. The monoisotopic (exact) mass is 295 g/mol. The van der Waals surface area contributed by atoms with Gasteiger partial charge in [0.25, 0.3) is 5.91 Å². The van der Waals surface area contributed by atoms with Gasteiger partial charge >= 0.3 is 5.97 Å². The number of hydrogen-bond donors (Lipinski definition) is 1. The molecule has 1 N–H and O–H groups in total. The van der Waals surface area contributed by atoms with Crippen molar-refractivity contribution in [2.75, 3.05) is 20.3 Å². The van der Waals surface area contributed by atoms with Crippen molar-refractivity contribution in [3.8, 4) is 11.5 Å². The largest absolute Gasteiger partial charge is 0.497 e. The molecule has 0 radical (unpaired) electrons. The molecule has 6 nitrogen and oxygen atoms in total. The molecule has 0 saturated heterocycles. The molecule has 1 rings (SSSR count). The number of carboxylic acid groups (broad SMARTS) is 1. The summed E-state index contributed by atoms with van der Waals surface area (Å²) in [5.74, 6) is 0.108. The minimum Gasteiger partial charge on any atom is -0.497 e. The molecule has 116 valence electrons. The van der Waals surface area contributed by atoms with E-state index in [1.165, 1.54) is 4.90 Å². The van der Waals surface area contributed by atoms with Crippen LogP contribution < -0.4 is 9.47 Å². The van der Waals surface area contributed by atoms with Gasteiger partial charge < -0.3 is 19.5 Å². The molecule has 0 aliphatic rings. The van der Waals surface area contributed by atoms with Crippen LogP contribution in [0.2, 0.25) is 0 Å². The van der Waals surface area contributed by atoms with Crippen LogP contribution in [-0.4, -0.2) is 48.2 Å². The third-order valence-corrected chi connectivity index (χ3v) is 2.93. The first-order valence-corrected chi connectivity index (χ1v) is 6.72. The molecule has 0 fully saturated rings. The predicted molar refractivity (Wildman–Crippen MR) is 77.6 cm³/mol. The number of amides is 1. The lowest BCUT2D eigenvalue weighted by Gasteiger charge is -2.26. The van der Waals surface area contributed by atoms with Gasteiger partial charge in [0.05, 0.1) is 13.5 Å². The molecule has 0 aliphatic carbocycles. The summed E-state index contributed by atoms with van der Waals surface area (Å²) < 4.78 is 10.4. The van der Waals surface area contributed by atoms with Gasteiger partial charge in [0, 0.05) is 12.6 Å². The van der Waals surface area contributed by atoms with Crippen molar-refractivity contribution >= 4 is 11.9 Å². The molecule has 1 aromatic rings. The quantitative estimate of drug-likeness (QED) is 0.791. The Morgan fingerprint density at radius 2 is 1.76 bits per heavy atom. The summed E-state index contributed by atoms with van der Waals surface area (Å²) in [5.41, 5.74) is 0. The summed E-state index contributed by atoms with van der Waals surface area (Å²) in [7, 11) is 1.57. The average molecular weight is 295 g/mol. The van der Waals surface area contributed by atoms with E-state index in [1.54, 1.807) is 31.4 Å². The standard InChI is InChI=1S/C15H21NO5/c1-11(2)16(9-8-15(18)19)14(17)10-21-13-6-4-12(20-3)5-7-13/h4-7,11H,8-10H2,1-3H3,(H,18,19). The first-order chi connectivity index (χ1) is 9.93. The minimum absolute atomic E-state index is 0.0729. The van der Waals surface area contributed by atoms with Crippen molar-refractivity contribution < 1.29 is 24.2 Å². The lowest BCUT2D eigenvalue weighted by atomic mass is 10.2. The average Bonchev–Trinajstić information content (AvgIpc) is 2.45. The number of aliphatic carboxylic acids is 1. The molecule has 0 unspecified atom stereocenters. The smallest absolute Gasteiger partial charge is 0.305 e. The van der Waals surface area contributed by atoms with Gasteiger partial charge in [-0.2, -0.15) is 0 Å². The molecule has 0 heterocycles. The van der Waals surface area contributed by atoms with Crippen LogP contribution in [0.1, 0.15) is 20.3 Å². The third-order valence-electron chi connectivity index (χ3n) is 2.93. The molecular weight excluding hydrogens is 274 g/mol. The van der Waals surface area contributed by atoms with E-state index in [-0.39, 0.29) is 31.5 Å². The Morgan fingerprint density at radius 1 is 1.19 bits per heavy atom. The number of benzene rings is 1. The van der Waals surface area contributed by atoms with E-state index >= 15 is 0 Å². The zero-order chi connectivity index (χ0) is 15.8. The Kier molecular flexibility index (Phi) is 6.52. The summed E-state index contributed by atoms with van der Waals surface area (Å²) in [4.78, 5) is 24.2. The maximum Gasteiger partial charge on any atom is 0.305 e. The summed E-state index contributed by atoms with van der Waals surface area (Å²) >= 11 is 0. The molecule has 0 atom stereocenters. The fourth-order valence-corrected chi connectivity index (χ4v) is 1.79. The molecular formula is C15H21NO5. The third kappa shape index (κ3) is 5.72. The predicted octanol–water partition coefficient (Wildman–Crippen LogP) is 1.79. The summed E-state index contributed by atoms with van der Waals surface area (Å²) in [6.45, 7) is 3.74. The highest BCUT2D eigenvalue weighted by Gasteiger charge is 2.18. The van der Waals surface area contributed by atoms with Crippen molar-refractivity contribution in [2.24, 2.45) is 0 Å². The van der Waals surface area contributed by atoms with Crippen molar-refractivity contribution in [1.29, 1.82) is 0 Å². The van der Waals surface area contributed by atoms with E-state index in [2.05, 4.69) is 0 Å². The Balaban J connectivity index is 2.54. The highest BCUT2D eigenvalue weighted by atomic mass is 16.5. The van der Waals surface area contributed by atoms with Crippen LogP contribution in [-0.2, 0) is 9.59 Å². The number of carbonyl (C=O) groups is 2. The van der Waals surface area contributed by atoms with Gasteiger partial charge in [-0.3, -0.25) is 9.59 Å². The van der Waals surface area contributed by atoms with Crippen LogP contribution in [0.25, 0.3) is 0 Å². The second kappa shape index (κ2) is 8.14. The summed E-state index contributed by atoms with van der Waals surface area (Å²) in [6, 6.07) is 6.83. The Morgan fingerprint density at radius 3 is 2.24 bits per heavy atom. The van der Waals surface area contributed by atoms with E-state index in [0.717, 1.165) is 0 Å². The van der Waals surface area contributed by atoms with E-state index in [1.807, 2.05) is 13.8 Å². The Hall–Kier alpha value is -2.24. The topological polar surface area (TPSA) is 76.1 Å². The second-order valence-electron chi connectivity index (χ2n) is 4.79. The van der Waals surface area contributed by atoms with E-state index in [4.69, 9.17) is 14.6 Å². The number of methoxy groups -OCH3 is 1. The Labute approximate surface area is 124 Å². The van der Waals surface area contributed by atoms with Crippen LogP contribution >= 0.6 is 0 Å². The molecule has 1 aromatic carbocycles. The Bertz CT molecular complexity index is 469. The maximum absolute atomic E-state index is 12.1. The maximum atomic E-state index is 12.1. The highest BCUT2D eigenvalue weighted by molar-refractivity contribution is 5.78. The van der Waals surface area contributed by atoms with Gasteiger partial charge in [0.2, 0.25) is 0 Å². The highest BCUT2D eigenvalue weighted by Crippen LogP contribution is 2.17. The van der Waals surface area contributed by atoms with Gasteiger partial charge in [-0.25, -0.2) is 0 Å². The molecule has 6 heteroatoms. The van der Waals surface area contributed by atoms with E-state index < -0.39 is 5.97 Å². The number of hydrogen-bond acceptors (Lipinski definition) is 4. The first-order valence-electron chi connectivity index (χ1n) is 6.72. The van der Waals surface area contributed by atoms with Gasteiger partial charge in [-0.1, -0.05) is 0 Å². The summed E-state index contributed by atoms with van der Waals surface area (Å²) in [5, 5.41) is 8.70. The molecule has 0 bridgehead atoms. The number of carboxylic acids is 1. The molecule has 0 saturated carbocycles. The number of rotatable bonds is 8. The van der Waals surface area contributed by atoms with Crippen molar-refractivity contribution in [1.82, 2.24) is 4.90 Å². The number of ether oxygens (including phenoxy) is 2. The molecule has 0 spiro atoms. The number of nitrogens with zero attached hydrogens (tertiary/aromatic N) is 1. The molecule has 0 aromatic heterocycles. The first kappa shape index (κ1) is 16.8. The van der Waals surface area contributed by atoms with Crippen LogP contribution in [0.5, 0.6) is 11.5 Å². The van der Waals surface area contributed by atoms with E-state index in [0.29, 0.717) is 11.5 Å². The fourth-order valence-electron chi connectivity index (χ4n) is 1.79. The van der Waals surface area contributed by atoms with Crippen LogP contribution in [0.4, 0.5) is 0 Å². The fraction of sp³-hybridized carbons (Fsp3) is 0.467. The van der Waals surface area contributed by atoms with Gasteiger partial charge in [0.15, 0.2) is 6.61 Å². The zero-order valence-electron chi connectivity index (χ0n) is 12.5. The molecule has 21 heavy (non-hydrogen) atoms. The minimum atomic E-state index is -0.926. The van der Waals surface area contributed by atoms with Crippen molar-refractivity contribution in [2.45, 2.75) is 26.3 Å². The van der Waals surface area contributed by atoms with E-state index in [9.17, 15) is 9.59 Å². The lowest BCUT2D eigenvalue weighted by Crippen LogP contribution is -2.41. The van der Waals surface area contributed by atoms with Gasteiger partial charge in [0.1, 0.15) is 11.5 Å². The lowest BCUT2D eigenvalue weighted by molar-refractivity contribution is -0.139. The van der Waals surface area contributed by atoms with Crippen molar-refractivity contribution in [3.63, 3.8) is 0 Å². The van der Waals surface area contributed by atoms with Crippen molar-refractivity contribution in [3.05, 3.63) is 24.3 Å². The SMILES string of the molecule is COc1ccc(OCC(=O)N(CCC(=O)O)C(C)C)cc1. The molecule has 1 amide bonds. The second-order valence-corrected chi connectivity index (χ2v) is 4.79. The normalized spacial score (nSPS) is 10.3. The van der Waals surface area contributed by atoms with Crippen LogP contribution in [0, 0.1) is 0 Å². The van der Waals surface area contributed by atoms with Crippen LogP contribution in [0.3, 0.4) is 0 Å². The van der Waals surface area contributed by atoms with Gasteiger partial charge in [-0.15, -0.1) is 0 Å². The molecule has 0 aliphatic heterocycles.